The van der Waals surface area contributed by atoms with Crippen molar-refractivity contribution in [2.24, 2.45) is 0 Å². The van der Waals surface area contributed by atoms with Gasteiger partial charge in [0.2, 0.25) is 11.8 Å². The Kier molecular flexibility index (Phi) is 6.44. The fourth-order valence-corrected chi connectivity index (χ4v) is 3.11. The van der Waals surface area contributed by atoms with Crippen LogP contribution >= 0.6 is 0 Å². The van der Waals surface area contributed by atoms with Gasteiger partial charge in [0.25, 0.3) is 0 Å². The molecule has 6 nitrogen and oxygen atoms in total. The standard InChI is InChI=1S/C21H25N3O3/c1-2-17-6-3-4-8-19(17)22-20(25)16-23-11-13-24(14-12-23)21(26)10-9-18-7-5-15-27-18/h3-10,15H,2,11-14,16H2,1H3,(H,22,25)/b10-9+. The van der Waals surface area contributed by atoms with Gasteiger partial charge < -0.3 is 14.6 Å². The van der Waals surface area contributed by atoms with E-state index in [0.717, 1.165) is 17.7 Å². The molecule has 0 aliphatic carbocycles. The largest absolute Gasteiger partial charge is 0.465 e. The molecule has 0 saturated carbocycles. The number of carbonyl (C=O) groups excluding carboxylic acids is 2. The number of nitrogens with one attached hydrogen (secondary N) is 1. The van der Waals surface area contributed by atoms with Crippen molar-refractivity contribution >= 4 is 23.6 Å². The summed E-state index contributed by atoms with van der Waals surface area (Å²) in [5.41, 5.74) is 2.01. The number of para-hydroxylation sites is 1. The van der Waals surface area contributed by atoms with Gasteiger partial charge in [0.05, 0.1) is 12.8 Å². The van der Waals surface area contributed by atoms with Crippen LogP contribution in [0.4, 0.5) is 5.69 Å². The molecule has 1 N–H and O–H groups in total. The zero-order valence-corrected chi connectivity index (χ0v) is 15.6. The molecule has 142 valence electrons. The molecular formula is C21H25N3O3. The summed E-state index contributed by atoms with van der Waals surface area (Å²) in [5, 5.41) is 3.00. The third-order valence-electron chi connectivity index (χ3n) is 4.66. The van der Waals surface area contributed by atoms with Crippen molar-refractivity contribution < 1.29 is 14.0 Å². The number of amides is 2. The second-order valence-electron chi connectivity index (χ2n) is 6.51. The number of hydrogen-bond acceptors (Lipinski definition) is 4. The van der Waals surface area contributed by atoms with Crippen LogP contribution in [0.2, 0.25) is 0 Å². The molecule has 6 heteroatoms. The minimum Gasteiger partial charge on any atom is -0.465 e. The maximum atomic E-state index is 12.3. The molecule has 1 aliphatic heterocycles. The molecule has 3 rings (SSSR count). The highest BCUT2D eigenvalue weighted by Crippen LogP contribution is 2.15. The zero-order valence-electron chi connectivity index (χ0n) is 15.6. The summed E-state index contributed by atoms with van der Waals surface area (Å²) in [5.74, 6) is 0.604. The van der Waals surface area contributed by atoms with E-state index in [4.69, 9.17) is 4.42 Å². The molecule has 1 aromatic carbocycles. The Morgan fingerprint density at radius 2 is 1.89 bits per heavy atom. The van der Waals surface area contributed by atoms with Gasteiger partial charge in [-0.25, -0.2) is 0 Å². The van der Waals surface area contributed by atoms with Crippen molar-refractivity contribution in [3.8, 4) is 0 Å². The highest BCUT2D eigenvalue weighted by molar-refractivity contribution is 5.93. The summed E-state index contributed by atoms with van der Waals surface area (Å²) in [6.07, 6.45) is 5.66. The number of rotatable bonds is 6. The number of benzene rings is 1. The lowest BCUT2D eigenvalue weighted by atomic mass is 10.1. The van der Waals surface area contributed by atoms with Crippen LogP contribution in [0.3, 0.4) is 0 Å². The summed E-state index contributed by atoms with van der Waals surface area (Å²) >= 11 is 0. The van der Waals surface area contributed by atoms with Crippen LogP contribution in [0.1, 0.15) is 18.2 Å². The third kappa shape index (κ3) is 5.31. The van der Waals surface area contributed by atoms with Gasteiger partial charge in [-0.15, -0.1) is 0 Å². The highest BCUT2D eigenvalue weighted by atomic mass is 16.3. The van der Waals surface area contributed by atoms with Crippen molar-refractivity contribution in [3.63, 3.8) is 0 Å². The van der Waals surface area contributed by atoms with E-state index in [-0.39, 0.29) is 11.8 Å². The molecule has 1 aliphatic rings. The molecule has 0 radical (unpaired) electrons. The first-order valence-electron chi connectivity index (χ1n) is 9.26. The van der Waals surface area contributed by atoms with Gasteiger partial charge in [-0.05, 0) is 36.3 Å². The van der Waals surface area contributed by atoms with Crippen molar-refractivity contribution in [1.82, 2.24) is 9.80 Å². The van der Waals surface area contributed by atoms with E-state index in [2.05, 4.69) is 17.1 Å². The van der Waals surface area contributed by atoms with E-state index in [1.807, 2.05) is 24.3 Å². The number of piperazine rings is 1. The molecule has 1 saturated heterocycles. The van der Waals surface area contributed by atoms with Gasteiger partial charge >= 0.3 is 0 Å². The summed E-state index contributed by atoms with van der Waals surface area (Å²) in [6, 6.07) is 11.4. The normalized spacial score (nSPS) is 15.2. The maximum Gasteiger partial charge on any atom is 0.246 e. The first-order chi connectivity index (χ1) is 13.2. The van der Waals surface area contributed by atoms with Gasteiger partial charge in [-0.2, -0.15) is 0 Å². The SMILES string of the molecule is CCc1ccccc1NC(=O)CN1CCN(C(=O)/C=C/c2ccco2)CC1. The molecule has 2 amide bonds. The van der Waals surface area contributed by atoms with Crippen molar-refractivity contribution in [1.29, 1.82) is 0 Å². The number of nitrogens with zero attached hydrogens (tertiary/aromatic N) is 2. The van der Waals surface area contributed by atoms with Crippen LogP contribution in [0, 0.1) is 0 Å². The lowest BCUT2D eigenvalue weighted by Gasteiger charge is -2.33. The first-order valence-corrected chi connectivity index (χ1v) is 9.26. The van der Waals surface area contributed by atoms with E-state index < -0.39 is 0 Å². The van der Waals surface area contributed by atoms with Gasteiger partial charge in [-0.1, -0.05) is 25.1 Å². The lowest BCUT2D eigenvalue weighted by molar-refractivity contribution is -0.127. The monoisotopic (exact) mass is 367 g/mol. The number of furan rings is 1. The smallest absolute Gasteiger partial charge is 0.246 e. The molecule has 2 heterocycles. The van der Waals surface area contributed by atoms with Gasteiger partial charge in [0.15, 0.2) is 0 Å². The van der Waals surface area contributed by atoms with E-state index in [1.165, 1.54) is 6.08 Å². The van der Waals surface area contributed by atoms with Crippen molar-refractivity contribution in [3.05, 3.63) is 60.1 Å². The van der Waals surface area contributed by atoms with Crippen LogP contribution in [0.5, 0.6) is 0 Å². The predicted octanol–water partition coefficient (Wildman–Crippen LogP) is 2.64. The Bertz CT molecular complexity index is 791. The summed E-state index contributed by atoms with van der Waals surface area (Å²) in [6.45, 7) is 5.00. The van der Waals surface area contributed by atoms with Gasteiger partial charge in [0, 0.05) is 37.9 Å². The van der Waals surface area contributed by atoms with Crippen LogP contribution < -0.4 is 5.32 Å². The Morgan fingerprint density at radius 1 is 1.11 bits per heavy atom. The molecule has 0 atom stereocenters. The van der Waals surface area contributed by atoms with Crippen LogP contribution in [-0.2, 0) is 16.0 Å². The molecule has 0 unspecified atom stereocenters. The Hall–Kier alpha value is -2.86. The highest BCUT2D eigenvalue weighted by Gasteiger charge is 2.21. The molecule has 0 spiro atoms. The topological polar surface area (TPSA) is 65.8 Å². The number of hydrogen-bond donors (Lipinski definition) is 1. The second-order valence-corrected chi connectivity index (χ2v) is 6.51. The minimum absolute atomic E-state index is 0.0200. The minimum atomic E-state index is -0.0348. The molecule has 0 bridgehead atoms. The molecular weight excluding hydrogens is 342 g/mol. The van der Waals surface area contributed by atoms with Crippen molar-refractivity contribution in [2.75, 3.05) is 38.0 Å². The molecule has 1 fully saturated rings. The lowest BCUT2D eigenvalue weighted by Crippen LogP contribution is -2.50. The Balaban J connectivity index is 1.45. The van der Waals surface area contributed by atoms with Crippen molar-refractivity contribution in [2.45, 2.75) is 13.3 Å². The van der Waals surface area contributed by atoms with Crippen LogP contribution in [0.25, 0.3) is 6.08 Å². The third-order valence-corrected chi connectivity index (χ3v) is 4.66. The fraction of sp³-hybridized carbons (Fsp3) is 0.333. The van der Waals surface area contributed by atoms with Gasteiger partial charge in [-0.3, -0.25) is 14.5 Å². The van der Waals surface area contributed by atoms with Gasteiger partial charge in [0.1, 0.15) is 5.76 Å². The summed E-state index contributed by atoms with van der Waals surface area (Å²) in [4.78, 5) is 28.4. The van der Waals surface area contributed by atoms with E-state index >= 15 is 0 Å². The Labute approximate surface area is 159 Å². The quantitative estimate of drug-likeness (QED) is 0.797. The molecule has 2 aromatic rings. The Morgan fingerprint density at radius 3 is 2.59 bits per heavy atom. The number of aryl methyl sites for hydroxylation is 1. The number of anilines is 1. The predicted molar refractivity (Wildman–Crippen MR) is 105 cm³/mol. The van der Waals surface area contributed by atoms with E-state index in [0.29, 0.717) is 38.5 Å². The zero-order chi connectivity index (χ0) is 19.1. The first kappa shape index (κ1) is 18.9. The summed E-state index contributed by atoms with van der Waals surface area (Å²) < 4.78 is 5.19. The fourth-order valence-electron chi connectivity index (χ4n) is 3.11. The number of carbonyl (C=O) groups is 2. The molecule has 1 aromatic heterocycles. The van der Waals surface area contributed by atoms with Crippen LogP contribution in [0.15, 0.2) is 53.2 Å². The molecule has 27 heavy (non-hydrogen) atoms. The average Bonchev–Trinajstić information content (AvgIpc) is 3.20. The second kappa shape index (κ2) is 9.19. The van der Waals surface area contributed by atoms with E-state index in [1.54, 1.807) is 29.4 Å². The summed E-state index contributed by atoms with van der Waals surface area (Å²) in [7, 11) is 0. The maximum absolute atomic E-state index is 12.3. The van der Waals surface area contributed by atoms with Crippen LogP contribution in [-0.4, -0.2) is 54.3 Å². The van der Waals surface area contributed by atoms with E-state index in [9.17, 15) is 9.59 Å². The average molecular weight is 367 g/mol.